The van der Waals surface area contributed by atoms with Crippen molar-refractivity contribution in [2.24, 2.45) is 5.73 Å². The molecule has 0 bridgehead atoms. The van der Waals surface area contributed by atoms with Gasteiger partial charge in [-0.2, -0.15) is 0 Å². The molecule has 2 N–H and O–H groups in total. The molecule has 2 rings (SSSR count). The monoisotopic (exact) mass is 159 g/mol. The number of allylic oxidation sites excluding steroid dienone is 2. The molecule has 1 heteroatoms. The molecule has 0 fully saturated rings. The van der Waals surface area contributed by atoms with E-state index in [4.69, 9.17) is 5.73 Å². The molecule has 1 unspecified atom stereocenters. The third-order valence-electron chi connectivity index (χ3n) is 2.45. The molecule has 0 amide bonds. The SMILES string of the molecule is NC1CCCC2=C1C=CCC#C2. The molecule has 0 saturated heterocycles. The smallest absolute Gasteiger partial charge is 0.0304 e. The van der Waals surface area contributed by atoms with Crippen LogP contribution in [0.3, 0.4) is 0 Å². The van der Waals surface area contributed by atoms with Crippen molar-refractivity contribution in [2.75, 3.05) is 0 Å². The van der Waals surface area contributed by atoms with Gasteiger partial charge >= 0.3 is 0 Å². The number of hydrogen-bond donors (Lipinski definition) is 1. The Hall–Kier alpha value is -1.00. The summed E-state index contributed by atoms with van der Waals surface area (Å²) in [6, 6.07) is 0.234. The van der Waals surface area contributed by atoms with Crippen LogP contribution in [0.5, 0.6) is 0 Å². The van der Waals surface area contributed by atoms with E-state index >= 15 is 0 Å². The molecule has 0 saturated carbocycles. The fraction of sp³-hybridized carbons (Fsp3) is 0.455. The molecular weight excluding hydrogens is 146 g/mol. The lowest BCUT2D eigenvalue weighted by Crippen LogP contribution is -2.25. The van der Waals surface area contributed by atoms with Gasteiger partial charge in [-0.25, -0.2) is 0 Å². The molecule has 1 nitrogen and oxygen atoms in total. The molecule has 2 aliphatic rings. The van der Waals surface area contributed by atoms with Crippen molar-refractivity contribution in [3.05, 3.63) is 23.3 Å². The highest BCUT2D eigenvalue weighted by molar-refractivity contribution is 5.45. The Balaban J connectivity index is 2.39. The predicted molar refractivity (Wildman–Crippen MR) is 50.4 cm³/mol. The van der Waals surface area contributed by atoms with Crippen LogP contribution in [0, 0.1) is 11.8 Å². The summed E-state index contributed by atoms with van der Waals surface area (Å²) in [5.74, 6) is 6.32. The Morgan fingerprint density at radius 1 is 1.50 bits per heavy atom. The van der Waals surface area contributed by atoms with Crippen molar-refractivity contribution in [3.8, 4) is 11.8 Å². The quantitative estimate of drug-likeness (QED) is 0.535. The van der Waals surface area contributed by atoms with Gasteiger partial charge in [0.1, 0.15) is 0 Å². The minimum atomic E-state index is 0.234. The number of hydrogen-bond acceptors (Lipinski definition) is 1. The Kier molecular flexibility index (Phi) is 2.01. The van der Waals surface area contributed by atoms with E-state index in [1.807, 2.05) is 0 Å². The summed E-state index contributed by atoms with van der Waals surface area (Å²) < 4.78 is 0. The normalized spacial score (nSPS) is 27.2. The van der Waals surface area contributed by atoms with Crippen molar-refractivity contribution < 1.29 is 0 Å². The summed E-state index contributed by atoms with van der Waals surface area (Å²) in [7, 11) is 0. The first-order valence-electron chi connectivity index (χ1n) is 4.52. The van der Waals surface area contributed by atoms with Crippen LogP contribution in [0.1, 0.15) is 25.7 Å². The molecule has 0 radical (unpaired) electrons. The zero-order valence-corrected chi connectivity index (χ0v) is 7.14. The zero-order chi connectivity index (χ0) is 8.39. The van der Waals surface area contributed by atoms with Gasteiger partial charge in [0.15, 0.2) is 0 Å². The minimum Gasteiger partial charge on any atom is -0.324 e. The van der Waals surface area contributed by atoms with Crippen molar-refractivity contribution in [1.82, 2.24) is 0 Å². The van der Waals surface area contributed by atoms with Gasteiger partial charge in [0, 0.05) is 18.0 Å². The Labute approximate surface area is 73.3 Å². The average Bonchev–Trinajstić information content (AvgIpc) is 2.30. The van der Waals surface area contributed by atoms with E-state index in [0.717, 1.165) is 19.3 Å². The highest BCUT2D eigenvalue weighted by Crippen LogP contribution is 2.25. The van der Waals surface area contributed by atoms with E-state index < -0.39 is 0 Å². The van der Waals surface area contributed by atoms with Gasteiger partial charge < -0.3 is 5.73 Å². The third-order valence-corrected chi connectivity index (χ3v) is 2.45. The molecular formula is C11H13N. The van der Waals surface area contributed by atoms with Crippen LogP contribution in [0.15, 0.2) is 23.3 Å². The van der Waals surface area contributed by atoms with Crippen molar-refractivity contribution in [1.29, 1.82) is 0 Å². The minimum absolute atomic E-state index is 0.234. The van der Waals surface area contributed by atoms with Gasteiger partial charge in [-0.3, -0.25) is 0 Å². The molecule has 2 aliphatic carbocycles. The lowest BCUT2D eigenvalue weighted by molar-refractivity contribution is 0.615. The second-order valence-electron chi connectivity index (χ2n) is 3.34. The fourth-order valence-electron chi connectivity index (χ4n) is 1.78. The molecule has 62 valence electrons. The van der Waals surface area contributed by atoms with Crippen molar-refractivity contribution in [3.63, 3.8) is 0 Å². The van der Waals surface area contributed by atoms with E-state index in [2.05, 4.69) is 24.0 Å². The number of rotatable bonds is 0. The van der Waals surface area contributed by atoms with Gasteiger partial charge in [0.25, 0.3) is 0 Å². The molecule has 0 spiro atoms. The lowest BCUT2D eigenvalue weighted by Gasteiger charge is -2.20. The van der Waals surface area contributed by atoms with Crippen molar-refractivity contribution in [2.45, 2.75) is 31.7 Å². The zero-order valence-electron chi connectivity index (χ0n) is 7.14. The molecule has 0 aromatic carbocycles. The van der Waals surface area contributed by atoms with Crippen LogP contribution < -0.4 is 5.73 Å². The summed E-state index contributed by atoms with van der Waals surface area (Å²) in [6.07, 6.45) is 8.57. The van der Waals surface area contributed by atoms with Crippen LogP contribution in [0.4, 0.5) is 0 Å². The molecule has 0 aromatic heterocycles. The van der Waals surface area contributed by atoms with Crippen LogP contribution in [0.2, 0.25) is 0 Å². The second kappa shape index (κ2) is 3.16. The van der Waals surface area contributed by atoms with E-state index in [1.54, 1.807) is 0 Å². The van der Waals surface area contributed by atoms with Gasteiger partial charge in [0.2, 0.25) is 0 Å². The van der Waals surface area contributed by atoms with Gasteiger partial charge in [0.05, 0.1) is 0 Å². The lowest BCUT2D eigenvalue weighted by atomic mass is 9.88. The van der Waals surface area contributed by atoms with E-state index in [9.17, 15) is 0 Å². The van der Waals surface area contributed by atoms with Gasteiger partial charge in [-0.05, 0) is 24.8 Å². The van der Waals surface area contributed by atoms with Crippen LogP contribution >= 0.6 is 0 Å². The Morgan fingerprint density at radius 3 is 3.33 bits per heavy atom. The van der Waals surface area contributed by atoms with Gasteiger partial charge in [-0.1, -0.05) is 24.0 Å². The van der Waals surface area contributed by atoms with E-state index in [0.29, 0.717) is 0 Å². The highest BCUT2D eigenvalue weighted by atomic mass is 14.6. The Morgan fingerprint density at radius 2 is 2.42 bits per heavy atom. The topological polar surface area (TPSA) is 26.0 Å². The largest absolute Gasteiger partial charge is 0.324 e. The summed E-state index contributed by atoms with van der Waals surface area (Å²) in [5.41, 5.74) is 8.55. The average molecular weight is 159 g/mol. The van der Waals surface area contributed by atoms with Gasteiger partial charge in [-0.15, -0.1) is 0 Å². The van der Waals surface area contributed by atoms with E-state index in [-0.39, 0.29) is 6.04 Å². The third kappa shape index (κ3) is 1.31. The van der Waals surface area contributed by atoms with Crippen LogP contribution in [0.25, 0.3) is 0 Å². The first kappa shape index (κ1) is 7.64. The van der Waals surface area contributed by atoms with E-state index in [1.165, 1.54) is 17.6 Å². The molecule has 0 heterocycles. The molecule has 0 aliphatic heterocycles. The molecule has 12 heavy (non-hydrogen) atoms. The van der Waals surface area contributed by atoms with Crippen LogP contribution in [-0.2, 0) is 0 Å². The highest BCUT2D eigenvalue weighted by Gasteiger charge is 2.16. The number of nitrogens with two attached hydrogens (primary N) is 1. The summed E-state index contributed by atoms with van der Waals surface area (Å²) in [4.78, 5) is 0. The first-order chi connectivity index (χ1) is 5.88. The standard InChI is InChI=1S/C11H13N/c12-11-8-4-6-9-5-2-1-3-7-10(9)11/h3,7,11H,1,4,6,8,12H2. The van der Waals surface area contributed by atoms with Crippen molar-refractivity contribution >= 4 is 0 Å². The summed E-state index contributed by atoms with van der Waals surface area (Å²) >= 11 is 0. The maximum atomic E-state index is 5.98. The summed E-state index contributed by atoms with van der Waals surface area (Å²) in [5, 5.41) is 0. The second-order valence-corrected chi connectivity index (χ2v) is 3.34. The molecule has 0 aromatic rings. The maximum absolute atomic E-state index is 5.98. The maximum Gasteiger partial charge on any atom is 0.0304 e. The Bertz CT molecular complexity index is 299. The summed E-state index contributed by atoms with van der Waals surface area (Å²) in [6.45, 7) is 0. The first-order valence-corrected chi connectivity index (χ1v) is 4.52. The van der Waals surface area contributed by atoms with Crippen LogP contribution in [-0.4, -0.2) is 6.04 Å². The fourth-order valence-corrected chi connectivity index (χ4v) is 1.78. The molecule has 1 atom stereocenters. The predicted octanol–water partition coefficient (Wildman–Crippen LogP) is 1.76.